The quantitative estimate of drug-likeness (QED) is 0.906. The van der Waals surface area contributed by atoms with Crippen LogP contribution in [0.4, 0.5) is 0 Å². The van der Waals surface area contributed by atoms with Crippen LogP contribution in [-0.4, -0.2) is 12.5 Å². The Hall–Kier alpha value is -1.49. The minimum Gasteiger partial charge on any atom is -0.459 e. The van der Waals surface area contributed by atoms with E-state index in [0.717, 1.165) is 29.5 Å². The number of hydrogen-bond acceptors (Lipinski definition) is 3. The Morgan fingerprint density at radius 1 is 1.22 bits per heavy atom. The van der Waals surface area contributed by atoms with Crippen LogP contribution in [0.2, 0.25) is 10.0 Å². The van der Waals surface area contributed by atoms with Crippen LogP contribution in [0.15, 0.2) is 28.9 Å². The van der Waals surface area contributed by atoms with Crippen LogP contribution in [0, 0.1) is 0 Å². The summed E-state index contributed by atoms with van der Waals surface area (Å²) in [5.74, 6) is 0.152. The third-order valence-electron chi connectivity index (χ3n) is 4.49. The van der Waals surface area contributed by atoms with E-state index in [9.17, 15) is 4.79 Å². The van der Waals surface area contributed by atoms with Crippen LogP contribution in [0.1, 0.15) is 40.1 Å². The number of halogens is 2. The number of rotatable bonds is 3. The van der Waals surface area contributed by atoms with Crippen molar-refractivity contribution in [3.05, 3.63) is 57.0 Å². The van der Waals surface area contributed by atoms with Crippen LogP contribution < -0.4 is 5.32 Å². The molecule has 2 aliphatic rings. The second-order valence-corrected chi connectivity index (χ2v) is 6.82. The normalized spacial score (nSPS) is 18.3. The maximum absolute atomic E-state index is 12.7. The lowest BCUT2D eigenvalue weighted by Gasteiger charge is -2.20. The maximum Gasteiger partial charge on any atom is 0.287 e. The van der Waals surface area contributed by atoms with E-state index in [0.29, 0.717) is 35.4 Å². The van der Waals surface area contributed by atoms with Crippen LogP contribution >= 0.6 is 23.2 Å². The zero-order chi connectivity index (χ0) is 16.0. The first-order chi connectivity index (χ1) is 11.1. The van der Waals surface area contributed by atoms with E-state index in [2.05, 4.69) is 5.32 Å². The average molecular weight is 352 g/mol. The summed E-state index contributed by atoms with van der Waals surface area (Å²) in [6.45, 7) is 1.10. The molecule has 0 bridgehead atoms. The third-order valence-corrected chi connectivity index (χ3v) is 5.11. The highest BCUT2D eigenvalue weighted by Gasteiger charge is 2.49. The summed E-state index contributed by atoms with van der Waals surface area (Å²) in [5.41, 5.74) is 2.19. The molecule has 2 heterocycles. The minimum atomic E-state index is -0.489. The van der Waals surface area contributed by atoms with E-state index in [1.165, 1.54) is 0 Å². The van der Waals surface area contributed by atoms with Crippen molar-refractivity contribution >= 4 is 29.1 Å². The molecule has 0 saturated heterocycles. The lowest BCUT2D eigenvalue weighted by atomic mass is 10.0. The highest BCUT2D eigenvalue weighted by Crippen LogP contribution is 2.50. The van der Waals surface area contributed by atoms with Gasteiger partial charge in [-0.2, -0.15) is 0 Å². The smallest absolute Gasteiger partial charge is 0.287 e. The molecule has 1 amide bonds. The van der Waals surface area contributed by atoms with Crippen LogP contribution in [-0.2, 0) is 23.3 Å². The number of furan rings is 1. The van der Waals surface area contributed by atoms with Crippen LogP contribution in [0.3, 0.4) is 0 Å². The Kier molecular flexibility index (Phi) is 3.63. The van der Waals surface area contributed by atoms with E-state index in [1.54, 1.807) is 24.5 Å². The Bertz CT molecular complexity index is 760. The van der Waals surface area contributed by atoms with Crippen molar-refractivity contribution in [3.63, 3.8) is 0 Å². The first-order valence-corrected chi connectivity index (χ1v) is 8.30. The van der Waals surface area contributed by atoms with E-state index in [-0.39, 0.29) is 5.91 Å². The van der Waals surface area contributed by atoms with Gasteiger partial charge in [-0.1, -0.05) is 29.3 Å². The fraction of sp³-hybridized carbons (Fsp3) is 0.353. The molecule has 0 radical (unpaired) electrons. The molecule has 1 aromatic carbocycles. The molecule has 2 aromatic rings. The van der Waals surface area contributed by atoms with Gasteiger partial charge in [0.15, 0.2) is 5.76 Å². The molecule has 0 atom stereocenters. The molecule has 1 aliphatic carbocycles. The SMILES string of the molecule is O=C(NC1(c2c(Cl)cccc2Cl)CC1)c1occ2c1CCOC2. The molecule has 4 nitrogen and oxygen atoms in total. The molecule has 1 N–H and O–H groups in total. The summed E-state index contributed by atoms with van der Waals surface area (Å²) in [6.07, 6.45) is 3.92. The number of carbonyl (C=O) groups excluding carboxylic acids is 1. The number of fused-ring (bicyclic) bond motifs is 1. The summed E-state index contributed by atoms with van der Waals surface area (Å²) < 4.78 is 10.9. The van der Waals surface area contributed by atoms with E-state index in [4.69, 9.17) is 32.4 Å². The molecule has 6 heteroatoms. The van der Waals surface area contributed by atoms with Gasteiger partial charge in [0.25, 0.3) is 5.91 Å². The zero-order valence-electron chi connectivity index (χ0n) is 12.3. The topological polar surface area (TPSA) is 51.5 Å². The Morgan fingerprint density at radius 2 is 1.96 bits per heavy atom. The number of carbonyl (C=O) groups is 1. The Labute approximate surface area is 143 Å². The minimum absolute atomic E-state index is 0.221. The van der Waals surface area contributed by atoms with Crippen molar-refractivity contribution in [2.75, 3.05) is 6.61 Å². The predicted molar refractivity (Wildman–Crippen MR) is 86.9 cm³/mol. The van der Waals surface area contributed by atoms with Gasteiger partial charge >= 0.3 is 0 Å². The van der Waals surface area contributed by atoms with E-state index < -0.39 is 5.54 Å². The van der Waals surface area contributed by atoms with Crippen LogP contribution in [0.5, 0.6) is 0 Å². The van der Waals surface area contributed by atoms with Gasteiger partial charge < -0.3 is 14.5 Å². The van der Waals surface area contributed by atoms with Gasteiger partial charge in [0, 0.05) is 33.2 Å². The number of benzene rings is 1. The Balaban J connectivity index is 1.63. The molecule has 1 aliphatic heterocycles. The second-order valence-electron chi connectivity index (χ2n) is 6.00. The fourth-order valence-electron chi connectivity index (χ4n) is 3.15. The number of amides is 1. The highest BCUT2D eigenvalue weighted by molar-refractivity contribution is 6.36. The molecule has 4 rings (SSSR count). The summed E-state index contributed by atoms with van der Waals surface area (Å²) in [6, 6.07) is 5.39. The summed E-state index contributed by atoms with van der Waals surface area (Å²) in [5, 5.41) is 4.22. The van der Waals surface area contributed by atoms with Crippen molar-refractivity contribution in [2.24, 2.45) is 0 Å². The molecule has 23 heavy (non-hydrogen) atoms. The maximum atomic E-state index is 12.7. The first-order valence-electron chi connectivity index (χ1n) is 7.55. The Morgan fingerprint density at radius 3 is 2.65 bits per heavy atom. The average Bonchev–Trinajstić information content (AvgIpc) is 3.15. The van der Waals surface area contributed by atoms with Gasteiger partial charge in [-0.15, -0.1) is 0 Å². The van der Waals surface area contributed by atoms with E-state index in [1.807, 2.05) is 0 Å². The molecule has 1 saturated carbocycles. The lowest BCUT2D eigenvalue weighted by Crippen LogP contribution is -2.35. The molecule has 120 valence electrons. The van der Waals surface area contributed by atoms with Crippen LogP contribution in [0.25, 0.3) is 0 Å². The molecule has 1 fully saturated rings. The first kappa shape index (κ1) is 15.1. The zero-order valence-corrected chi connectivity index (χ0v) is 13.8. The molecule has 0 unspecified atom stereocenters. The monoisotopic (exact) mass is 351 g/mol. The highest BCUT2D eigenvalue weighted by atomic mass is 35.5. The summed E-state index contributed by atoms with van der Waals surface area (Å²) in [7, 11) is 0. The third kappa shape index (κ3) is 2.55. The van der Waals surface area contributed by atoms with Gasteiger partial charge in [0.1, 0.15) is 0 Å². The van der Waals surface area contributed by atoms with Crippen molar-refractivity contribution in [1.29, 1.82) is 0 Å². The van der Waals surface area contributed by atoms with Gasteiger partial charge in [-0.25, -0.2) is 0 Å². The fourth-order valence-corrected chi connectivity index (χ4v) is 3.91. The second kappa shape index (κ2) is 5.55. The van der Waals surface area contributed by atoms with Crippen molar-refractivity contribution in [2.45, 2.75) is 31.4 Å². The summed E-state index contributed by atoms with van der Waals surface area (Å²) >= 11 is 12.6. The van der Waals surface area contributed by atoms with Crippen molar-refractivity contribution in [3.8, 4) is 0 Å². The standard InChI is InChI=1S/C17H15Cl2NO3/c18-12-2-1-3-13(19)14(12)17(5-6-17)20-16(21)15-11-4-7-22-8-10(11)9-23-15/h1-3,9H,4-8H2,(H,20,21). The summed E-state index contributed by atoms with van der Waals surface area (Å²) in [4.78, 5) is 12.7. The molecule has 1 aromatic heterocycles. The molecule has 0 spiro atoms. The van der Waals surface area contributed by atoms with Crippen molar-refractivity contribution in [1.82, 2.24) is 5.32 Å². The predicted octanol–water partition coefficient (Wildman–Crippen LogP) is 4.08. The number of ether oxygens (including phenoxy) is 1. The van der Waals surface area contributed by atoms with E-state index >= 15 is 0 Å². The largest absolute Gasteiger partial charge is 0.459 e. The van der Waals surface area contributed by atoms with Gasteiger partial charge in [-0.05, 0) is 25.0 Å². The van der Waals surface area contributed by atoms with Gasteiger partial charge in [-0.3, -0.25) is 4.79 Å². The molecular formula is C17H15Cl2NO3. The molecular weight excluding hydrogens is 337 g/mol. The number of hydrogen-bond donors (Lipinski definition) is 1. The van der Waals surface area contributed by atoms with Crippen molar-refractivity contribution < 1.29 is 13.9 Å². The number of nitrogens with one attached hydrogen (secondary N) is 1. The lowest BCUT2D eigenvalue weighted by molar-refractivity contribution is 0.0897. The van der Waals surface area contributed by atoms with Gasteiger partial charge in [0.05, 0.1) is 25.0 Å². The van der Waals surface area contributed by atoms with Gasteiger partial charge in [0.2, 0.25) is 0 Å².